The maximum atomic E-state index is 6.52. The topological polar surface area (TPSA) is 16.4 Å². The predicted octanol–water partition coefficient (Wildman–Crippen LogP) is 15.6. The summed E-state index contributed by atoms with van der Waals surface area (Å²) in [5.41, 5.74) is 12.3. The summed E-state index contributed by atoms with van der Waals surface area (Å²) in [6.45, 7) is 0. The van der Waals surface area contributed by atoms with Gasteiger partial charge in [0.15, 0.2) is 0 Å². The van der Waals surface area contributed by atoms with Crippen LogP contribution >= 0.6 is 11.3 Å². The van der Waals surface area contributed by atoms with Crippen molar-refractivity contribution in [1.29, 1.82) is 0 Å². The zero-order chi connectivity index (χ0) is 36.3. The van der Waals surface area contributed by atoms with Crippen molar-refractivity contribution in [3.05, 3.63) is 200 Å². The van der Waals surface area contributed by atoms with Gasteiger partial charge in [-0.3, -0.25) is 0 Å². The van der Waals surface area contributed by atoms with E-state index in [0.717, 1.165) is 44.6 Å². The van der Waals surface area contributed by atoms with Gasteiger partial charge in [-0.25, -0.2) is 0 Å². The lowest BCUT2D eigenvalue weighted by atomic mass is 9.97. The molecule has 0 amide bonds. The molecule has 0 spiro atoms. The molecule has 3 heteroatoms. The van der Waals surface area contributed by atoms with E-state index in [2.05, 4.69) is 205 Å². The Kier molecular flexibility index (Phi) is 7.39. The molecule has 0 aliphatic heterocycles. The summed E-state index contributed by atoms with van der Waals surface area (Å²) < 4.78 is 9.08. The molecule has 55 heavy (non-hydrogen) atoms. The van der Waals surface area contributed by atoms with E-state index in [1.807, 2.05) is 11.3 Å². The third-order valence-electron chi connectivity index (χ3n) is 10.9. The number of thiophene rings is 1. The molecule has 0 atom stereocenters. The van der Waals surface area contributed by atoms with Gasteiger partial charge in [-0.2, -0.15) is 0 Å². The van der Waals surface area contributed by atoms with Gasteiger partial charge in [0.2, 0.25) is 0 Å². The molecule has 2 aromatic heterocycles. The van der Waals surface area contributed by atoms with Crippen LogP contribution in [0.5, 0.6) is 0 Å². The average Bonchev–Trinajstić information content (AvgIpc) is 3.83. The number of furan rings is 1. The second kappa shape index (κ2) is 12.9. The van der Waals surface area contributed by atoms with E-state index in [0.29, 0.717) is 0 Å². The minimum atomic E-state index is 0.876. The Labute approximate surface area is 322 Å². The summed E-state index contributed by atoms with van der Waals surface area (Å²) in [5, 5.41) is 7.21. The number of hydrogen-bond acceptors (Lipinski definition) is 3. The van der Waals surface area contributed by atoms with Crippen LogP contribution in [0.4, 0.5) is 17.1 Å². The Balaban J connectivity index is 1.13. The minimum Gasteiger partial charge on any atom is -0.456 e. The molecule has 0 unspecified atom stereocenters. The number of fused-ring (bicyclic) bond motifs is 7. The summed E-state index contributed by atoms with van der Waals surface area (Å²) in [7, 11) is 0. The van der Waals surface area contributed by atoms with Gasteiger partial charge < -0.3 is 9.32 Å². The standard InChI is InChI=1S/C52H33NOS/c1-3-12-34(13-4-1)38-24-28-44-46-33-40(27-31-48(46)54-49(44)32-38)53(39-25-22-37(23-26-39)42-20-11-17-35-16-7-8-18-41(35)42)47-30-29-43(36-14-5-2-6-15-36)52-51(47)45-19-9-10-21-50(45)55-52/h1-33H. The molecule has 0 aliphatic carbocycles. The van der Waals surface area contributed by atoms with Gasteiger partial charge in [-0.1, -0.05) is 146 Å². The Hall–Kier alpha value is -6.94. The quantitative estimate of drug-likeness (QED) is 0.170. The van der Waals surface area contributed by atoms with Crippen molar-refractivity contribution in [3.63, 3.8) is 0 Å². The Morgan fingerprint density at radius 2 is 1.05 bits per heavy atom. The molecule has 0 radical (unpaired) electrons. The molecule has 0 saturated carbocycles. The maximum absolute atomic E-state index is 6.52. The summed E-state index contributed by atoms with van der Waals surface area (Å²) in [4.78, 5) is 2.43. The van der Waals surface area contributed by atoms with Gasteiger partial charge in [0, 0.05) is 42.3 Å². The smallest absolute Gasteiger partial charge is 0.136 e. The average molecular weight is 720 g/mol. The van der Waals surface area contributed by atoms with E-state index in [1.54, 1.807) is 0 Å². The first-order valence-electron chi connectivity index (χ1n) is 18.7. The molecule has 258 valence electrons. The van der Waals surface area contributed by atoms with E-state index >= 15 is 0 Å². The first-order valence-corrected chi connectivity index (χ1v) is 19.5. The van der Waals surface area contributed by atoms with Crippen LogP contribution in [0.1, 0.15) is 0 Å². The van der Waals surface area contributed by atoms with Crippen LogP contribution in [0, 0.1) is 0 Å². The molecule has 9 aromatic carbocycles. The largest absolute Gasteiger partial charge is 0.456 e. The summed E-state index contributed by atoms with van der Waals surface area (Å²) in [5.74, 6) is 0. The first kappa shape index (κ1) is 31.6. The van der Waals surface area contributed by atoms with Crippen molar-refractivity contribution < 1.29 is 4.42 Å². The number of nitrogens with zero attached hydrogens (tertiary/aromatic N) is 1. The summed E-state index contributed by atoms with van der Waals surface area (Å²) >= 11 is 1.87. The minimum absolute atomic E-state index is 0.876. The van der Waals surface area contributed by atoms with Crippen molar-refractivity contribution in [3.8, 4) is 33.4 Å². The summed E-state index contributed by atoms with van der Waals surface area (Å²) in [6.07, 6.45) is 0. The van der Waals surface area contributed by atoms with Crippen LogP contribution in [-0.2, 0) is 0 Å². The second-order valence-corrected chi connectivity index (χ2v) is 15.1. The molecule has 2 nitrogen and oxygen atoms in total. The van der Waals surface area contributed by atoms with E-state index in [1.165, 1.54) is 58.8 Å². The molecular weight excluding hydrogens is 687 g/mol. The van der Waals surface area contributed by atoms with Crippen LogP contribution in [0.3, 0.4) is 0 Å². The first-order chi connectivity index (χ1) is 27.3. The lowest BCUT2D eigenvalue weighted by molar-refractivity contribution is 0.669. The van der Waals surface area contributed by atoms with Gasteiger partial charge in [0.05, 0.1) is 5.69 Å². The van der Waals surface area contributed by atoms with Gasteiger partial charge in [-0.15, -0.1) is 11.3 Å². The van der Waals surface area contributed by atoms with Gasteiger partial charge in [0.25, 0.3) is 0 Å². The predicted molar refractivity (Wildman–Crippen MR) is 235 cm³/mol. The van der Waals surface area contributed by atoms with Crippen LogP contribution in [0.25, 0.3) is 86.3 Å². The van der Waals surface area contributed by atoms with Crippen molar-refractivity contribution in [2.45, 2.75) is 0 Å². The van der Waals surface area contributed by atoms with Crippen molar-refractivity contribution in [2.24, 2.45) is 0 Å². The molecular formula is C52H33NOS. The van der Waals surface area contributed by atoms with Crippen LogP contribution in [-0.4, -0.2) is 0 Å². The van der Waals surface area contributed by atoms with Crippen molar-refractivity contribution in [2.75, 3.05) is 4.90 Å². The fraction of sp³-hybridized carbons (Fsp3) is 0. The zero-order valence-electron chi connectivity index (χ0n) is 29.8. The molecule has 0 aliphatic rings. The highest BCUT2D eigenvalue weighted by Crippen LogP contribution is 2.49. The van der Waals surface area contributed by atoms with E-state index in [4.69, 9.17) is 4.42 Å². The molecule has 0 saturated heterocycles. The van der Waals surface area contributed by atoms with Crippen molar-refractivity contribution >= 4 is 81.3 Å². The highest BCUT2D eigenvalue weighted by molar-refractivity contribution is 7.26. The Morgan fingerprint density at radius 1 is 0.382 bits per heavy atom. The Bertz CT molecular complexity index is 3190. The highest BCUT2D eigenvalue weighted by atomic mass is 32.1. The van der Waals surface area contributed by atoms with Crippen LogP contribution in [0.2, 0.25) is 0 Å². The molecule has 0 fully saturated rings. The monoisotopic (exact) mass is 719 g/mol. The third kappa shape index (κ3) is 5.32. The fourth-order valence-electron chi connectivity index (χ4n) is 8.25. The molecule has 0 bridgehead atoms. The normalized spacial score (nSPS) is 11.6. The van der Waals surface area contributed by atoms with Crippen molar-refractivity contribution in [1.82, 2.24) is 0 Å². The van der Waals surface area contributed by atoms with E-state index in [-0.39, 0.29) is 0 Å². The van der Waals surface area contributed by atoms with Crippen LogP contribution in [0.15, 0.2) is 205 Å². The number of benzene rings is 9. The lowest BCUT2D eigenvalue weighted by Crippen LogP contribution is -2.10. The van der Waals surface area contributed by atoms with Crippen LogP contribution < -0.4 is 4.90 Å². The maximum Gasteiger partial charge on any atom is 0.136 e. The molecule has 0 N–H and O–H groups in total. The fourth-order valence-corrected chi connectivity index (χ4v) is 9.51. The lowest BCUT2D eigenvalue weighted by Gasteiger charge is -2.27. The third-order valence-corrected chi connectivity index (χ3v) is 12.1. The van der Waals surface area contributed by atoms with E-state index < -0.39 is 0 Å². The molecule has 2 heterocycles. The summed E-state index contributed by atoms with van der Waals surface area (Å²) in [6, 6.07) is 72.1. The number of rotatable bonds is 6. The Morgan fingerprint density at radius 3 is 1.89 bits per heavy atom. The highest BCUT2D eigenvalue weighted by Gasteiger charge is 2.22. The number of anilines is 3. The van der Waals surface area contributed by atoms with Gasteiger partial charge in [-0.05, 0) is 98.8 Å². The molecule has 11 rings (SSSR count). The second-order valence-electron chi connectivity index (χ2n) is 14.1. The van der Waals surface area contributed by atoms with Gasteiger partial charge >= 0.3 is 0 Å². The number of hydrogen-bond donors (Lipinski definition) is 0. The SMILES string of the molecule is c1ccc(-c2ccc3c(c2)oc2ccc(N(c4ccc(-c5cccc6ccccc56)cc4)c4ccc(-c5ccccc5)c5sc6ccccc6c45)cc23)cc1. The van der Waals surface area contributed by atoms with Gasteiger partial charge in [0.1, 0.15) is 11.2 Å². The molecule has 11 aromatic rings. The zero-order valence-corrected chi connectivity index (χ0v) is 30.6. The van der Waals surface area contributed by atoms with E-state index in [9.17, 15) is 0 Å².